The Morgan fingerprint density at radius 2 is 2.30 bits per heavy atom. The summed E-state index contributed by atoms with van der Waals surface area (Å²) in [7, 11) is 0. The average molecular weight is 168 g/mol. The molecule has 10 heavy (non-hydrogen) atoms. The Hall–Kier alpha value is -0.480. The highest BCUT2D eigenvalue weighted by Crippen LogP contribution is 1.94. The van der Waals surface area contributed by atoms with Crippen molar-refractivity contribution in [2.45, 2.75) is 19.1 Å². The van der Waals surface area contributed by atoms with Crippen LogP contribution in [0.25, 0.3) is 0 Å². The van der Waals surface area contributed by atoms with E-state index in [2.05, 4.69) is 5.32 Å². The first-order chi connectivity index (χ1) is 4.57. The standard InChI is InChI=1S/C5H10ClNO3/c1-3(4(8)2-6)7-5(9)10/h3-4,7-8H,2H2,1H3,(H,9,10)/t3-,4?/m0/s1. The fourth-order valence-electron chi connectivity index (χ4n) is 0.425. The Labute approximate surface area is 63.8 Å². The molecule has 0 saturated carbocycles. The molecule has 3 N–H and O–H groups in total. The molecule has 0 aliphatic heterocycles. The van der Waals surface area contributed by atoms with Gasteiger partial charge in [-0.3, -0.25) is 0 Å². The average Bonchev–Trinajstić information content (AvgIpc) is 1.85. The van der Waals surface area contributed by atoms with E-state index in [1.54, 1.807) is 6.92 Å². The summed E-state index contributed by atoms with van der Waals surface area (Å²) < 4.78 is 0. The maximum absolute atomic E-state index is 9.96. The molecule has 0 spiro atoms. The van der Waals surface area contributed by atoms with Gasteiger partial charge in [0.15, 0.2) is 0 Å². The van der Waals surface area contributed by atoms with Crippen molar-refractivity contribution >= 4 is 17.7 Å². The van der Waals surface area contributed by atoms with Crippen LogP contribution in [0.15, 0.2) is 0 Å². The molecule has 1 unspecified atom stereocenters. The fraction of sp³-hybridized carbons (Fsp3) is 0.800. The van der Waals surface area contributed by atoms with Crippen molar-refractivity contribution in [3.05, 3.63) is 0 Å². The summed E-state index contributed by atoms with van der Waals surface area (Å²) in [6.07, 6.45) is -1.98. The number of halogens is 1. The van der Waals surface area contributed by atoms with Crippen LogP contribution in [0.4, 0.5) is 4.79 Å². The summed E-state index contributed by atoms with van der Waals surface area (Å²) in [6.45, 7) is 1.54. The number of rotatable bonds is 3. The van der Waals surface area contributed by atoms with Crippen molar-refractivity contribution < 1.29 is 15.0 Å². The summed E-state index contributed by atoms with van der Waals surface area (Å²) >= 11 is 5.25. The molecule has 0 radical (unpaired) electrons. The molecular weight excluding hydrogens is 158 g/mol. The van der Waals surface area contributed by atoms with Crippen molar-refractivity contribution in [3.8, 4) is 0 Å². The van der Waals surface area contributed by atoms with Crippen LogP contribution in [0.1, 0.15) is 6.92 Å². The minimum Gasteiger partial charge on any atom is -0.465 e. The van der Waals surface area contributed by atoms with Crippen molar-refractivity contribution in [2.75, 3.05) is 5.88 Å². The van der Waals surface area contributed by atoms with E-state index < -0.39 is 18.2 Å². The first kappa shape index (κ1) is 9.52. The molecule has 0 fully saturated rings. The lowest BCUT2D eigenvalue weighted by Crippen LogP contribution is -2.41. The third kappa shape index (κ3) is 3.53. The SMILES string of the molecule is C[C@H](NC(=O)O)C(O)CCl. The van der Waals surface area contributed by atoms with Gasteiger partial charge in [0.2, 0.25) is 0 Å². The molecule has 60 valence electrons. The van der Waals surface area contributed by atoms with Gasteiger partial charge in [0, 0.05) is 0 Å². The minimum absolute atomic E-state index is 0.0292. The molecule has 1 amide bonds. The molecule has 0 bridgehead atoms. The molecule has 2 atom stereocenters. The van der Waals surface area contributed by atoms with Gasteiger partial charge in [-0.15, -0.1) is 11.6 Å². The lowest BCUT2D eigenvalue weighted by molar-refractivity contribution is 0.142. The zero-order chi connectivity index (χ0) is 8.15. The van der Waals surface area contributed by atoms with Crippen molar-refractivity contribution in [3.63, 3.8) is 0 Å². The predicted octanol–water partition coefficient (Wildman–Crippen LogP) is 0.242. The molecule has 0 aromatic heterocycles. The van der Waals surface area contributed by atoms with Crippen LogP contribution in [-0.2, 0) is 0 Å². The third-order valence-corrected chi connectivity index (χ3v) is 1.40. The number of alkyl halides is 1. The quantitative estimate of drug-likeness (QED) is 0.528. The normalized spacial score (nSPS) is 15.9. The maximum Gasteiger partial charge on any atom is 0.404 e. The molecule has 0 heterocycles. The van der Waals surface area contributed by atoms with E-state index in [0.717, 1.165) is 0 Å². The van der Waals surface area contributed by atoms with Crippen LogP contribution >= 0.6 is 11.6 Å². The third-order valence-electron chi connectivity index (χ3n) is 1.09. The summed E-state index contributed by atoms with van der Waals surface area (Å²) in [6, 6.07) is -0.519. The summed E-state index contributed by atoms with van der Waals surface area (Å²) in [5, 5.41) is 19.2. The van der Waals surface area contributed by atoms with Gasteiger partial charge in [-0.25, -0.2) is 4.79 Å². The summed E-state index contributed by atoms with van der Waals surface area (Å²) in [4.78, 5) is 9.96. The lowest BCUT2D eigenvalue weighted by Gasteiger charge is -2.15. The van der Waals surface area contributed by atoms with E-state index in [4.69, 9.17) is 21.8 Å². The van der Waals surface area contributed by atoms with Gasteiger partial charge in [0.25, 0.3) is 0 Å². The zero-order valence-electron chi connectivity index (χ0n) is 5.54. The second-order valence-electron chi connectivity index (χ2n) is 1.96. The number of aliphatic hydroxyl groups is 1. The summed E-state index contributed by atoms with van der Waals surface area (Å²) in [5.41, 5.74) is 0. The monoisotopic (exact) mass is 167 g/mol. The van der Waals surface area contributed by atoms with Gasteiger partial charge >= 0.3 is 6.09 Å². The Balaban J connectivity index is 3.61. The molecule has 0 rings (SSSR count). The van der Waals surface area contributed by atoms with E-state index >= 15 is 0 Å². The molecular formula is C5H10ClNO3. The molecule has 0 saturated heterocycles. The van der Waals surface area contributed by atoms with Crippen LogP contribution in [0.5, 0.6) is 0 Å². The smallest absolute Gasteiger partial charge is 0.404 e. The largest absolute Gasteiger partial charge is 0.465 e. The van der Waals surface area contributed by atoms with Crippen molar-refractivity contribution in [2.24, 2.45) is 0 Å². The van der Waals surface area contributed by atoms with Crippen LogP contribution in [-0.4, -0.2) is 34.3 Å². The number of amides is 1. The fourth-order valence-corrected chi connectivity index (χ4v) is 0.692. The number of nitrogens with one attached hydrogen (secondary N) is 1. The van der Waals surface area contributed by atoms with Gasteiger partial charge in [0.1, 0.15) is 0 Å². The highest BCUT2D eigenvalue weighted by Gasteiger charge is 2.13. The highest BCUT2D eigenvalue weighted by atomic mass is 35.5. The summed E-state index contributed by atoms with van der Waals surface area (Å²) in [5.74, 6) is 0.0292. The molecule has 0 aromatic carbocycles. The van der Waals surface area contributed by atoms with Gasteiger partial charge in [-0.2, -0.15) is 0 Å². The van der Waals surface area contributed by atoms with Crippen LogP contribution < -0.4 is 5.32 Å². The van der Waals surface area contributed by atoms with Gasteiger partial charge in [-0.1, -0.05) is 0 Å². The lowest BCUT2D eigenvalue weighted by atomic mass is 10.2. The van der Waals surface area contributed by atoms with Crippen LogP contribution in [0, 0.1) is 0 Å². The number of aliphatic hydroxyl groups excluding tert-OH is 1. The molecule has 0 aliphatic carbocycles. The van der Waals surface area contributed by atoms with Crippen LogP contribution in [0.3, 0.4) is 0 Å². The van der Waals surface area contributed by atoms with E-state index in [1.807, 2.05) is 0 Å². The number of carboxylic acid groups (broad SMARTS) is 1. The van der Waals surface area contributed by atoms with Crippen molar-refractivity contribution in [1.29, 1.82) is 0 Å². The van der Waals surface area contributed by atoms with E-state index in [-0.39, 0.29) is 5.88 Å². The highest BCUT2D eigenvalue weighted by molar-refractivity contribution is 6.18. The van der Waals surface area contributed by atoms with Crippen molar-refractivity contribution in [1.82, 2.24) is 5.32 Å². The first-order valence-corrected chi connectivity index (χ1v) is 3.35. The minimum atomic E-state index is -1.16. The van der Waals surface area contributed by atoms with Gasteiger partial charge < -0.3 is 15.5 Å². The Morgan fingerprint density at radius 3 is 2.60 bits per heavy atom. The Morgan fingerprint density at radius 1 is 1.80 bits per heavy atom. The second-order valence-corrected chi connectivity index (χ2v) is 2.27. The number of hydrogen-bond acceptors (Lipinski definition) is 2. The van der Waals surface area contributed by atoms with E-state index in [0.29, 0.717) is 0 Å². The predicted molar refractivity (Wildman–Crippen MR) is 37.3 cm³/mol. The molecule has 5 heteroatoms. The maximum atomic E-state index is 9.96. The topological polar surface area (TPSA) is 69.6 Å². The molecule has 0 aliphatic rings. The first-order valence-electron chi connectivity index (χ1n) is 2.81. The zero-order valence-corrected chi connectivity index (χ0v) is 6.30. The van der Waals surface area contributed by atoms with Crippen LogP contribution in [0.2, 0.25) is 0 Å². The van der Waals surface area contributed by atoms with Gasteiger partial charge in [0.05, 0.1) is 18.0 Å². The Bertz CT molecular complexity index is 119. The number of carbonyl (C=O) groups is 1. The molecule has 4 nitrogen and oxygen atoms in total. The Kier molecular flexibility index (Phi) is 4.14. The van der Waals surface area contributed by atoms with E-state index in [9.17, 15) is 4.79 Å². The second kappa shape index (κ2) is 4.35. The molecule has 0 aromatic rings. The van der Waals surface area contributed by atoms with Gasteiger partial charge in [-0.05, 0) is 6.92 Å². The number of hydrogen-bond donors (Lipinski definition) is 3. The van der Waals surface area contributed by atoms with E-state index in [1.165, 1.54) is 0 Å².